The molecule has 0 radical (unpaired) electrons. The van der Waals surface area contributed by atoms with Gasteiger partial charge in [-0.25, -0.2) is 13.1 Å². The SMILES string of the molecule is CCN(CC)CCNc1ccc(CNS(=O)(=O)c2ccccc2)c2sc3ccc(OC)cc3c(=O)c12. The Morgan fingerprint density at radius 3 is 2.44 bits per heavy atom. The molecule has 0 spiro atoms. The number of sulfonamides is 1. The Hall–Kier alpha value is -2.98. The molecule has 0 saturated heterocycles. The summed E-state index contributed by atoms with van der Waals surface area (Å²) in [7, 11) is -2.11. The fourth-order valence-corrected chi connectivity index (χ4v) is 6.37. The number of ether oxygens (including phenoxy) is 1. The number of nitrogens with zero attached hydrogens (tertiary/aromatic N) is 1. The van der Waals surface area contributed by atoms with Gasteiger partial charge in [0.1, 0.15) is 5.75 Å². The van der Waals surface area contributed by atoms with Crippen molar-refractivity contribution < 1.29 is 13.2 Å². The molecule has 3 aromatic carbocycles. The Bertz CT molecular complexity index is 1520. The quantitative estimate of drug-likeness (QED) is 0.277. The molecule has 1 heterocycles. The molecular formula is C27H31N3O4S2. The highest BCUT2D eigenvalue weighted by Crippen LogP contribution is 2.33. The summed E-state index contributed by atoms with van der Waals surface area (Å²) in [6.07, 6.45) is 0. The van der Waals surface area contributed by atoms with E-state index in [4.69, 9.17) is 4.74 Å². The third-order valence-corrected chi connectivity index (χ3v) is 8.92. The van der Waals surface area contributed by atoms with Gasteiger partial charge in [-0.15, -0.1) is 11.3 Å². The summed E-state index contributed by atoms with van der Waals surface area (Å²) in [5.74, 6) is 0.619. The summed E-state index contributed by atoms with van der Waals surface area (Å²) in [5, 5.41) is 4.59. The van der Waals surface area contributed by atoms with Gasteiger partial charge in [-0.1, -0.05) is 38.1 Å². The van der Waals surface area contributed by atoms with Crippen LogP contribution in [0.25, 0.3) is 20.2 Å². The van der Waals surface area contributed by atoms with Gasteiger partial charge in [0.2, 0.25) is 10.0 Å². The van der Waals surface area contributed by atoms with Crippen molar-refractivity contribution in [1.29, 1.82) is 0 Å². The maximum atomic E-state index is 13.7. The van der Waals surface area contributed by atoms with Gasteiger partial charge in [0, 0.05) is 40.1 Å². The Balaban J connectivity index is 1.76. The van der Waals surface area contributed by atoms with Gasteiger partial charge >= 0.3 is 0 Å². The topological polar surface area (TPSA) is 87.7 Å². The zero-order valence-corrected chi connectivity index (χ0v) is 22.3. The highest BCUT2D eigenvalue weighted by atomic mass is 32.2. The van der Waals surface area contributed by atoms with E-state index in [-0.39, 0.29) is 16.9 Å². The van der Waals surface area contributed by atoms with Crippen molar-refractivity contribution in [3.8, 4) is 5.75 Å². The van der Waals surface area contributed by atoms with E-state index in [1.165, 1.54) is 11.3 Å². The van der Waals surface area contributed by atoms with Crippen LogP contribution in [0.15, 0.2) is 70.4 Å². The number of rotatable bonds is 11. The molecule has 4 aromatic rings. The number of hydrogen-bond acceptors (Lipinski definition) is 7. The van der Waals surface area contributed by atoms with Crippen LogP contribution in [0, 0.1) is 0 Å². The molecule has 0 amide bonds. The molecule has 0 fully saturated rings. The number of nitrogens with one attached hydrogen (secondary N) is 2. The molecular weight excluding hydrogens is 494 g/mol. The summed E-state index contributed by atoms with van der Waals surface area (Å²) in [5.41, 5.74) is 1.40. The van der Waals surface area contributed by atoms with Crippen molar-refractivity contribution in [2.45, 2.75) is 25.3 Å². The normalized spacial score (nSPS) is 11.9. The van der Waals surface area contributed by atoms with Crippen LogP contribution in [0.4, 0.5) is 5.69 Å². The average Bonchev–Trinajstić information content (AvgIpc) is 2.90. The molecule has 7 nitrogen and oxygen atoms in total. The third-order valence-electron chi connectivity index (χ3n) is 6.25. The first kappa shape index (κ1) is 26.1. The van der Waals surface area contributed by atoms with E-state index >= 15 is 0 Å². The lowest BCUT2D eigenvalue weighted by atomic mass is 10.1. The minimum absolute atomic E-state index is 0.0745. The first-order valence-corrected chi connectivity index (χ1v) is 14.2. The maximum Gasteiger partial charge on any atom is 0.240 e. The van der Waals surface area contributed by atoms with Gasteiger partial charge in [0.15, 0.2) is 5.43 Å². The standard InChI is InChI=1S/C27H31N3O4S2/c1-4-30(5-2)16-15-28-23-13-11-19(18-29-36(32,33)21-9-7-6-8-10-21)27-25(23)26(31)22-17-20(34-3)12-14-24(22)35-27/h6-14,17,28-29H,4-5,15-16,18H2,1-3H3. The van der Waals surface area contributed by atoms with E-state index in [0.29, 0.717) is 23.1 Å². The van der Waals surface area contributed by atoms with Crippen LogP contribution in [-0.4, -0.2) is 46.6 Å². The number of hydrogen-bond donors (Lipinski definition) is 2. The van der Waals surface area contributed by atoms with Crippen molar-refractivity contribution in [2.24, 2.45) is 0 Å². The average molecular weight is 526 g/mol. The fraction of sp³-hybridized carbons (Fsp3) is 0.296. The zero-order chi connectivity index (χ0) is 25.7. The summed E-state index contributed by atoms with van der Waals surface area (Å²) in [4.78, 5) is 16.2. The lowest BCUT2D eigenvalue weighted by Gasteiger charge is -2.19. The Morgan fingerprint density at radius 1 is 1.00 bits per heavy atom. The van der Waals surface area contributed by atoms with Gasteiger partial charge in [0.05, 0.1) is 17.4 Å². The fourth-order valence-electron chi connectivity index (χ4n) is 4.15. The molecule has 0 bridgehead atoms. The molecule has 190 valence electrons. The van der Waals surface area contributed by atoms with Gasteiger partial charge in [-0.05, 0) is 55.1 Å². The molecule has 0 aliphatic carbocycles. The van der Waals surface area contributed by atoms with Gasteiger partial charge in [-0.2, -0.15) is 0 Å². The van der Waals surface area contributed by atoms with E-state index in [1.807, 2.05) is 24.3 Å². The van der Waals surface area contributed by atoms with Crippen molar-refractivity contribution in [1.82, 2.24) is 9.62 Å². The lowest BCUT2D eigenvalue weighted by molar-refractivity contribution is 0.316. The van der Waals surface area contributed by atoms with Gasteiger partial charge in [0.25, 0.3) is 0 Å². The molecule has 0 aliphatic heterocycles. The number of methoxy groups -OCH3 is 1. The van der Waals surface area contributed by atoms with Gasteiger partial charge in [-0.3, -0.25) is 4.79 Å². The molecule has 0 unspecified atom stereocenters. The number of benzene rings is 3. The van der Waals surface area contributed by atoms with Crippen molar-refractivity contribution >= 4 is 47.2 Å². The smallest absolute Gasteiger partial charge is 0.240 e. The Labute approximate surface area is 215 Å². The second kappa shape index (κ2) is 11.4. The van der Waals surface area contributed by atoms with Crippen LogP contribution in [0.1, 0.15) is 19.4 Å². The maximum absolute atomic E-state index is 13.7. The highest BCUT2D eigenvalue weighted by Gasteiger charge is 2.18. The molecule has 1 aromatic heterocycles. The predicted octanol–water partition coefficient (Wildman–Crippen LogP) is 4.66. The van der Waals surface area contributed by atoms with Crippen molar-refractivity contribution in [3.63, 3.8) is 0 Å². The second-order valence-electron chi connectivity index (χ2n) is 8.36. The zero-order valence-electron chi connectivity index (χ0n) is 20.7. The van der Waals surface area contributed by atoms with E-state index < -0.39 is 10.0 Å². The van der Waals surface area contributed by atoms with E-state index in [9.17, 15) is 13.2 Å². The van der Waals surface area contributed by atoms with Crippen molar-refractivity contribution in [3.05, 3.63) is 76.5 Å². The molecule has 0 atom stereocenters. The first-order valence-electron chi connectivity index (χ1n) is 11.9. The minimum Gasteiger partial charge on any atom is -0.497 e. The summed E-state index contributed by atoms with van der Waals surface area (Å²) >= 11 is 1.48. The summed E-state index contributed by atoms with van der Waals surface area (Å²) in [6.45, 7) is 7.79. The molecule has 2 N–H and O–H groups in total. The predicted molar refractivity (Wildman–Crippen MR) is 149 cm³/mol. The molecule has 0 aliphatic rings. The first-order chi connectivity index (χ1) is 17.4. The van der Waals surface area contributed by atoms with Crippen LogP contribution in [0.2, 0.25) is 0 Å². The monoisotopic (exact) mass is 525 g/mol. The van der Waals surface area contributed by atoms with E-state index in [1.54, 1.807) is 43.5 Å². The van der Waals surface area contributed by atoms with Crippen LogP contribution < -0.4 is 20.2 Å². The summed E-state index contributed by atoms with van der Waals surface area (Å²) < 4.78 is 35.3. The second-order valence-corrected chi connectivity index (χ2v) is 11.2. The van der Waals surface area contributed by atoms with Crippen LogP contribution in [0.3, 0.4) is 0 Å². The van der Waals surface area contributed by atoms with Crippen LogP contribution in [0.5, 0.6) is 5.75 Å². The number of likely N-dealkylation sites (N-methyl/N-ethyl adjacent to an activating group) is 1. The largest absolute Gasteiger partial charge is 0.497 e. The molecule has 9 heteroatoms. The summed E-state index contributed by atoms with van der Waals surface area (Å²) in [6, 6.07) is 17.5. The van der Waals surface area contributed by atoms with E-state index in [0.717, 1.165) is 40.3 Å². The Kier molecular flexibility index (Phi) is 8.25. The highest BCUT2D eigenvalue weighted by molar-refractivity contribution is 7.89. The number of fused-ring (bicyclic) bond motifs is 2. The Morgan fingerprint density at radius 2 is 1.75 bits per heavy atom. The number of anilines is 1. The van der Waals surface area contributed by atoms with Gasteiger partial charge < -0.3 is 15.0 Å². The van der Waals surface area contributed by atoms with Crippen LogP contribution in [-0.2, 0) is 16.6 Å². The minimum atomic E-state index is -3.69. The van der Waals surface area contributed by atoms with Crippen LogP contribution >= 0.6 is 11.3 Å². The molecule has 0 saturated carbocycles. The molecule has 4 rings (SSSR count). The lowest BCUT2D eigenvalue weighted by Crippen LogP contribution is -2.28. The molecule has 36 heavy (non-hydrogen) atoms. The third kappa shape index (κ3) is 5.54. The van der Waals surface area contributed by atoms with E-state index in [2.05, 4.69) is 28.8 Å². The van der Waals surface area contributed by atoms with Crippen molar-refractivity contribution in [2.75, 3.05) is 38.6 Å².